The Morgan fingerprint density at radius 2 is 2.00 bits per heavy atom. The van der Waals surface area contributed by atoms with Gasteiger partial charge in [-0.3, -0.25) is 15.1 Å². The Hall–Kier alpha value is -1.99. The number of aromatic nitrogens is 1. The second-order valence-electron chi connectivity index (χ2n) is 4.10. The van der Waals surface area contributed by atoms with Gasteiger partial charge in [0.1, 0.15) is 11.9 Å². The molecule has 0 radical (unpaired) electrons. The summed E-state index contributed by atoms with van der Waals surface area (Å²) in [6.45, 7) is 0.883. The summed E-state index contributed by atoms with van der Waals surface area (Å²) in [6.07, 6.45) is 2.74. The van der Waals surface area contributed by atoms with Gasteiger partial charge in [0, 0.05) is 19.3 Å². The molecule has 1 aromatic carbocycles. The lowest BCUT2D eigenvalue weighted by molar-refractivity contribution is -0.384. The van der Waals surface area contributed by atoms with Gasteiger partial charge in [0.15, 0.2) is 0 Å². The molecule has 6 nitrogen and oxygen atoms in total. The average Bonchev–Trinajstić information content (AvgIpc) is 2.46. The summed E-state index contributed by atoms with van der Waals surface area (Å²) >= 11 is 3.27. The summed E-state index contributed by atoms with van der Waals surface area (Å²) in [5, 5.41) is 14.1. The molecule has 0 spiro atoms. The Morgan fingerprint density at radius 3 is 2.65 bits per heavy atom. The van der Waals surface area contributed by atoms with E-state index in [1.54, 1.807) is 0 Å². The van der Waals surface area contributed by atoms with Crippen molar-refractivity contribution in [3.63, 3.8) is 0 Å². The Balaban J connectivity index is 2.25. The molecule has 104 valence electrons. The monoisotopic (exact) mass is 336 g/mol. The number of benzene rings is 1. The van der Waals surface area contributed by atoms with E-state index < -0.39 is 4.92 Å². The van der Waals surface area contributed by atoms with Crippen LogP contribution in [0, 0.1) is 10.1 Å². The number of halogens is 1. The molecule has 0 saturated carbocycles. The first-order valence-electron chi connectivity index (χ1n) is 5.92. The minimum atomic E-state index is -0.463. The first kappa shape index (κ1) is 14.4. The number of nitrogens with zero attached hydrogens (tertiary/aromatic N) is 2. The highest BCUT2D eigenvalue weighted by atomic mass is 79.9. The van der Waals surface area contributed by atoms with Gasteiger partial charge in [-0.2, -0.15) is 0 Å². The highest BCUT2D eigenvalue weighted by Gasteiger charge is 2.17. The summed E-state index contributed by atoms with van der Waals surface area (Å²) in [6, 6.07) is 7.70. The molecular weight excluding hydrogens is 324 g/mol. The summed E-state index contributed by atoms with van der Waals surface area (Å²) in [5.41, 5.74) is 8.04. The zero-order valence-corrected chi connectivity index (χ0v) is 12.1. The van der Waals surface area contributed by atoms with Gasteiger partial charge in [0.05, 0.1) is 9.40 Å². The maximum atomic E-state index is 11.0. The largest absolute Gasteiger partial charge is 0.374 e. The summed E-state index contributed by atoms with van der Waals surface area (Å²) in [7, 11) is 0. The molecule has 0 aliphatic rings. The lowest BCUT2D eigenvalue weighted by Gasteiger charge is -2.11. The van der Waals surface area contributed by atoms with Crippen molar-refractivity contribution in [2.24, 2.45) is 5.73 Å². The quantitative estimate of drug-likeness (QED) is 0.646. The van der Waals surface area contributed by atoms with Crippen LogP contribution in [0.5, 0.6) is 0 Å². The fraction of sp³-hybridized carbons (Fsp3) is 0.154. The van der Waals surface area contributed by atoms with Gasteiger partial charge < -0.3 is 11.1 Å². The third-order valence-electron chi connectivity index (χ3n) is 2.87. The number of hydrogen-bond acceptors (Lipinski definition) is 5. The minimum absolute atomic E-state index is 0.0652. The molecule has 0 aliphatic heterocycles. The smallest absolute Gasteiger partial charge is 0.311 e. The standard InChI is InChI=1S/C13H13BrN4O2/c14-11-7-16-8-12(18(19)20)13(11)17-6-10-4-2-1-3-9(10)5-15/h1-4,7-8H,5-6,15H2,(H,16,17). The zero-order valence-electron chi connectivity index (χ0n) is 10.5. The molecule has 0 fully saturated rings. The third kappa shape index (κ3) is 3.12. The zero-order chi connectivity index (χ0) is 14.5. The fourth-order valence-electron chi connectivity index (χ4n) is 1.85. The van der Waals surface area contributed by atoms with Crippen LogP contribution in [0.1, 0.15) is 11.1 Å². The van der Waals surface area contributed by atoms with E-state index in [9.17, 15) is 10.1 Å². The molecule has 1 heterocycles. The number of rotatable bonds is 5. The normalized spacial score (nSPS) is 10.3. The van der Waals surface area contributed by atoms with Gasteiger partial charge in [-0.05, 0) is 27.1 Å². The van der Waals surface area contributed by atoms with E-state index in [-0.39, 0.29) is 5.69 Å². The van der Waals surface area contributed by atoms with E-state index in [1.165, 1.54) is 12.4 Å². The van der Waals surface area contributed by atoms with E-state index in [4.69, 9.17) is 5.73 Å². The number of nitro groups is 1. The van der Waals surface area contributed by atoms with Crippen LogP contribution in [0.4, 0.5) is 11.4 Å². The predicted octanol–water partition coefficient (Wildman–Crippen LogP) is 2.82. The van der Waals surface area contributed by atoms with Crippen molar-refractivity contribution in [3.8, 4) is 0 Å². The van der Waals surface area contributed by atoms with Crippen molar-refractivity contribution < 1.29 is 4.92 Å². The molecule has 0 atom stereocenters. The summed E-state index contributed by atoms with van der Waals surface area (Å²) in [5.74, 6) is 0. The van der Waals surface area contributed by atoms with Crippen LogP contribution >= 0.6 is 15.9 Å². The van der Waals surface area contributed by atoms with Crippen LogP contribution in [0.25, 0.3) is 0 Å². The SMILES string of the molecule is NCc1ccccc1CNc1c(Br)cncc1[N+](=O)[O-]. The Morgan fingerprint density at radius 1 is 1.30 bits per heavy atom. The predicted molar refractivity (Wildman–Crippen MR) is 80.3 cm³/mol. The Labute approximate surface area is 124 Å². The number of hydrogen-bond donors (Lipinski definition) is 2. The molecule has 7 heteroatoms. The average molecular weight is 337 g/mol. The van der Waals surface area contributed by atoms with Gasteiger partial charge in [-0.1, -0.05) is 24.3 Å². The molecule has 1 aromatic heterocycles. The molecule has 2 rings (SSSR count). The first-order chi connectivity index (χ1) is 9.63. The highest BCUT2D eigenvalue weighted by molar-refractivity contribution is 9.10. The highest BCUT2D eigenvalue weighted by Crippen LogP contribution is 2.31. The first-order valence-corrected chi connectivity index (χ1v) is 6.71. The lowest BCUT2D eigenvalue weighted by atomic mass is 10.1. The molecule has 0 aliphatic carbocycles. The van der Waals surface area contributed by atoms with Gasteiger partial charge in [0.2, 0.25) is 0 Å². The van der Waals surface area contributed by atoms with Gasteiger partial charge in [0.25, 0.3) is 0 Å². The van der Waals surface area contributed by atoms with Crippen LogP contribution in [-0.2, 0) is 13.1 Å². The van der Waals surface area contributed by atoms with Crippen molar-refractivity contribution in [2.75, 3.05) is 5.32 Å². The topological polar surface area (TPSA) is 94.1 Å². The molecule has 0 amide bonds. The van der Waals surface area contributed by atoms with Crippen LogP contribution in [0.3, 0.4) is 0 Å². The van der Waals surface area contributed by atoms with Crippen LogP contribution < -0.4 is 11.1 Å². The Kier molecular flexibility index (Phi) is 4.65. The van der Waals surface area contributed by atoms with Gasteiger partial charge >= 0.3 is 5.69 Å². The van der Waals surface area contributed by atoms with E-state index in [1.807, 2.05) is 24.3 Å². The third-order valence-corrected chi connectivity index (χ3v) is 3.47. The van der Waals surface area contributed by atoms with Crippen molar-refractivity contribution in [2.45, 2.75) is 13.1 Å². The molecule has 0 unspecified atom stereocenters. The van der Waals surface area contributed by atoms with E-state index >= 15 is 0 Å². The van der Waals surface area contributed by atoms with Crippen molar-refractivity contribution in [3.05, 3.63) is 62.4 Å². The fourth-order valence-corrected chi connectivity index (χ4v) is 2.31. The van der Waals surface area contributed by atoms with Crippen LogP contribution in [0.15, 0.2) is 41.1 Å². The molecule has 0 bridgehead atoms. The number of pyridine rings is 1. The van der Waals surface area contributed by atoms with Gasteiger partial charge in [-0.15, -0.1) is 0 Å². The second kappa shape index (κ2) is 6.44. The molecule has 0 saturated heterocycles. The Bertz CT molecular complexity index is 634. The van der Waals surface area contributed by atoms with Gasteiger partial charge in [-0.25, -0.2) is 0 Å². The molecular formula is C13H13BrN4O2. The summed E-state index contributed by atoms with van der Waals surface area (Å²) < 4.78 is 0.553. The maximum absolute atomic E-state index is 11.0. The number of anilines is 1. The lowest BCUT2D eigenvalue weighted by Crippen LogP contribution is -2.08. The number of nitrogens with one attached hydrogen (secondary N) is 1. The van der Waals surface area contributed by atoms with Crippen LogP contribution in [0.2, 0.25) is 0 Å². The second-order valence-corrected chi connectivity index (χ2v) is 4.95. The minimum Gasteiger partial charge on any atom is -0.374 e. The molecule has 2 aromatic rings. The van der Waals surface area contributed by atoms with Crippen molar-refractivity contribution >= 4 is 27.3 Å². The van der Waals surface area contributed by atoms with E-state index in [0.29, 0.717) is 23.2 Å². The number of nitrogens with two attached hydrogens (primary N) is 1. The van der Waals surface area contributed by atoms with E-state index in [2.05, 4.69) is 26.2 Å². The van der Waals surface area contributed by atoms with E-state index in [0.717, 1.165) is 11.1 Å². The molecule has 3 N–H and O–H groups in total. The summed E-state index contributed by atoms with van der Waals surface area (Å²) in [4.78, 5) is 14.3. The molecule has 20 heavy (non-hydrogen) atoms. The van der Waals surface area contributed by atoms with Crippen molar-refractivity contribution in [1.82, 2.24) is 4.98 Å². The maximum Gasteiger partial charge on any atom is 0.311 e. The van der Waals surface area contributed by atoms with Crippen LogP contribution in [-0.4, -0.2) is 9.91 Å². The van der Waals surface area contributed by atoms with Crippen molar-refractivity contribution in [1.29, 1.82) is 0 Å².